The van der Waals surface area contributed by atoms with Crippen LogP contribution in [0.1, 0.15) is 12.0 Å². The number of anilines is 1. The van der Waals surface area contributed by atoms with Crippen LogP contribution in [0.2, 0.25) is 0 Å². The molecule has 2 rings (SSSR count). The van der Waals surface area contributed by atoms with Gasteiger partial charge in [-0.25, -0.2) is 0 Å². The molecular weight excluding hydrogens is 313 g/mol. The van der Waals surface area contributed by atoms with Crippen LogP contribution in [-0.2, 0) is 4.79 Å². The van der Waals surface area contributed by atoms with Crippen molar-refractivity contribution in [3.8, 4) is 0 Å². The molecule has 0 N–H and O–H groups in total. The van der Waals surface area contributed by atoms with Gasteiger partial charge in [-0.2, -0.15) is 0 Å². The summed E-state index contributed by atoms with van der Waals surface area (Å²) in [4.78, 5) is 13.8. The number of halogens is 1. The van der Waals surface area contributed by atoms with Crippen molar-refractivity contribution in [1.29, 1.82) is 0 Å². The van der Waals surface area contributed by atoms with Crippen LogP contribution in [0, 0.1) is 16.4 Å². The third kappa shape index (κ3) is 2.00. The molecule has 0 radical (unpaired) electrons. The van der Waals surface area contributed by atoms with Gasteiger partial charge in [0.05, 0.1) is 5.69 Å². The first-order valence-corrected chi connectivity index (χ1v) is 6.39. The summed E-state index contributed by atoms with van der Waals surface area (Å²) in [6.07, 6.45) is 2.47. The highest BCUT2D eigenvalue weighted by molar-refractivity contribution is 14.1. The van der Waals surface area contributed by atoms with Crippen molar-refractivity contribution in [1.82, 2.24) is 0 Å². The zero-order valence-corrected chi connectivity index (χ0v) is 11.4. The molecule has 1 aliphatic heterocycles. The average molecular weight is 327 g/mol. The predicted octanol–water partition coefficient (Wildman–Crippen LogP) is 3.14. The van der Waals surface area contributed by atoms with Crippen LogP contribution in [0.4, 0.5) is 5.69 Å². The lowest BCUT2D eigenvalue weighted by Crippen LogP contribution is -2.25. The Morgan fingerprint density at radius 3 is 2.94 bits per heavy atom. The molecule has 1 aromatic carbocycles. The standard InChI is InChI=1S/C13H14INO/c1-3-10-7-12(16)15(8-10)11-6-4-5-9(2)13(11)14/h3-6,10H,1,7-8H2,2H3. The highest BCUT2D eigenvalue weighted by atomic mass is 127. The van der Waals surface area contributed by atoms with Gasteiger partial charge in [-0.05, 0) is 41.1 Å². The van der Waals surface area contributed by atoms with Gasteiger partial charge in [0.2, 0.25) is 5.91 Å². The monoisotopic (exact) mass is 327 g/mol. The van der Waals surface area contributed by atoms with Crippen molar-refractivity contribution in [3.63, 3.8) is 0 Å². The summed E-state index contributed by atoms with van der Waals surface area (Å²) in [5.74, 6) is 0.497. The Balaban J connectivity index is 2.35. The minimum Gasteiger partial charge on any atom is -0.311 e. The van der Waals surface area contributed by atoms with Crippen molar-refractivity contribution in [2.75, 3.05) is 11.4 Å². The Labute approximate surface area is 109 Å². The van der Waals surface area contributed by atoms with E-state index in [2.05, 4.69) is 42.2 Å². The van der Waals surface area contributed by atoms with E-state index in [0.29, 0.717) is 12.3 Å². The molecule has 1 saturated heterocycles. The van der Waals surface area contributed by atoms with Gasteiger partial charge in [0, 0.05) is 22.5 Å². The fourth-order valence-electron chi connectivity index (χ4n) is 1.97. The van der Waals surface area contributed by atoms with Crippen LogP contribution < -0.4 is 4.90 Å². The quantitative estimate of drug-likeness (QED) is 0.604. The van der Waals surface area contributed by atoms with Crippen molar-refractivity contribution >= 4 is 34.2 Å². The molecule has 84 valence electrons. The van der Waals surface area contributed by atoms with Gasteiger partial charge in [0.1, 0.15) is 0 Å². The van der Waals surface area contributed by atoms with E-state index in [-0.39, 0.29) is 5.91 Å². The van der Waals surface area contributed by atoms with E-state index in [1.807, 2.05) is 23.1 Å². The Kier molecular flexibility index (Phi) is 3.33. The number of nitrogens with zero attached hydrogens (tertiary/aromatic N) is 1. The molecule has 16 heavy (non-hydrogen) atoms. The topological polar surface area (TPSA) is 20.3 Å². The molecule has 1 unspecified atom stereocenters. The molecule has 0 aromatic heterocycles. The first-order valence-electron chi connectivity index (χ1n) is 5.31. The first kappa shape index (κ1) is 11.6. The van der Waals surface area contributed by atoms with Crippen LogP contribution >= 0.6 is 22.6 Å². The predicted molar refractivity (Wildman–Crippen MR) is 74.6 cm³/mol. The summed E-state index contributed by atoms with van der Waals surface area (Å²) in [5.41, 5.74) is 2.25. The fourth-order valence-corrected chi connectivity index (χ4v) is 2.62. The van der Waals surface area contributed by atoms with Crippen molar-refractivity contribution in [2.45, 2.75) is 13.3 Å². The number of amides is 1. The van der Waals surface area contributed by atoms with Crippen molar-refractivity contribution < 1.29 is 4.79 Å². The van der Waals surface area contributed by atoms with Crippen molar-refractivity contribution in [2.24, 2.45) is 5.92 Å². The number of carbonyl (C=O) groups is 1. The van der Waals surface area contributed by atoms with E-state index in [1.54, 1.807) is 0 Å². The third-order valence-corrected chi connectivity index (χ3v) is 4.35. The summed E-state index contributed by atoms with van der Waals surface area (Å²) in [5, 5.41) is 0. The van der Waals surface area contributed by atoms with Gasteiger partial charge in [-0.15, -0.1) is 6.58 Å². The smallest absolute Gasteiger partial charge is 0.227 e. The molecule has 0 spiro atoms. The zero-order chi connectivity index (χ0) is 11.7. The average Bonchev–Trinajstić information content (AvgIpc) is 2.64. The number of benzene rings is 1. The van der Waals surface area contributed by atoms with Gasteiger partial charge >= 0.3 is 0 Å². The maximum atomic E-state index is 11.9. The molecule has 1 heterocycles. The molecule has 0 bridgehead atoms. The van der Waals surface area contributed by atoms with Crippen LogP contribution in [0.25, 0.3) is 0 Å². The number of carbonyl (C=O) groups excluding carboxylic acids is 1. The minimum absolute atomic E-state index is 0.202. The summed E-state index contributed by atoms with van der Waals surface area (Å²) in [6, 6.07) is 6.08. The second kappa shape index (κ2) is 4.57. The van der Waals surface area contributed by atoms with Crippen LogP contribution in [0.5, 0.6) is 0 Å². The SMILES string of the molecule is C=CC1CC(=O)N(c2cccc(C)c2I)C1. The molecule has 1 aliphatic rings. The number of aryl methyl sites for hydroxylation is 1. The first-order chi connectivity index (χ1) is 7.63. The molecule has 0 saturated carbocycles. The molecule has 2 nitrogen and oxygen atoms in total. The van der Waals surface area contributed by atoms with Crippen molar-refractivity contribution in [3.05, 3.63) is 40.0 Å². The van der Waals surface area contributed by atoms with Crippen LogP contribution in [0.3, 0.4) is 0 Å². The van der Waals surface area contributed by atoms with E-state index < -0.39 is 0 Å². The summed E-state index contributed by atoms with van der Waals surface area (Å²) >= 11 is 2.30. The lowest BCUT2D eigenvalue weighted by molar-refractivity contribution is -0.117. The summed E-state index contributed by atoms with van der Waals surface area (Å²) in [6.45, 7) is 6.60. The van der Waals surface area contributed by atoms with E-state index in [0.717, 1.165) is 15.8 Å². The van der Waals surface area contributed by atoms with Crippen LogP contribution in [-0.4, -0.2) is 12.5 Å². The summed E-state index contributed by atoms with van der Waals surface area (Å²) < 4.78 is 1.16. The maximum Gasteiger partial charge on any atom is 0.227 e. The van der Waals surface area contributed by atoms with Gasteiger partial charge < -0.3 is 4.90 Å². The number of rotatable bonds is 2. The summed E-state index contributed by atoms with van der Waals surface area (Å²) in [7, 11) is 0. The Hall–Kier alpha value is -0.840. The van der Waals surface area contributed by atoms with Gasteiger partial charge in [0.25, 0.3) is 0 Å². The normalized spacial score (nSPS) is 20.2. The van der Waals surface area contributed by atoms with E-state index >= 15 is 0 Å². The van der Waals surface area contributed by atoms with Gasteiger partial charge in [-0.3, -0.25) is 4.79 Å². The number of hydrogen-bond donors (Lipinski definition) is 0. The Bertz CT molecular complexity index is 442. The molecule has 1 amide bonds. The minimum atomic E-state index is 0.202. The zero-order valence-electron chi connectivity index (χ0n) is 9.24. The molecule has 0 aliphatic carbocycles. The molecular formula is C13H14INO. The lowest BCUT2D eigenvalue weighted by Gasteiger charge is -2.18. The fraction of sp³-hybridized carbons (Fsp3) is 0.308. The highest BCUT2D eigenvalue weighted by Gasteiger charge is 2.29. The lowest BCUT2D eigenvalue weighted by atomic mass is 10.1. The molecule has 1 atom stereocenters. The van der Waals surface area contributed by atoms with Crippen LogP contribution in [0.15, 0.2) is 30.9 Å². The second-order valence-corrected chi connectivity index (χ2v) is 5.19. The van der Waals surface area contributed by atoms with Gasteiger partial charge in [0.15, 0.2) is 0 Å². The van der Waals surface area contributed by atoms with E-state index in [9.17, 15) is 4.79 Å². The molecule has 1 aromatic rings. The van der Waals surface area contributed by atoms with E-state index in [4.69, 9.17) is 0 Å². The third-order valence-electron chi connectivity index (χ3n) is 2.95. The van der Waals surface area contributed by atoms with Gasteiger partial charge in [-0.1, -0.05) is 18.2 Å². The number of hydrogen-bond acceptors (Lipinski definition) is 1. The Morgan fingerprint density at radius 1 is 1.56 bits per heavy atom. The Morgan fingerprint density at radius 2 is 2.31 bits per heavy atom. The highest BCUT2D eigenvalue weighted by Crippen LogP contribution is 2.30. The van der Waals surface area contributed by atoms with E-state index in [1.165, 1.54) is 5.56 Å². The molecule has 1 fully saturated rings. The molecule has 3 heteroatoms. The maximum absolute atomic E-state index is 11.9. The largest absolute Gasteiger partial charge is 0.311 e. The second-order valence-electron chi connectivity index (χ2n) is 4.11.